The van der Waals surface area contributed by atoms with Crippen molar-refractivity contribution in [1.29, 1.82) is 0 Å². The largest absolute Gasteiger partial charge is 0.484 e. The number of hydrogen-bond acceptors (Lipinski definition) is 2. The van der Waals surface area contributed by atoms with Gasteiger partial charge in [0, 0.05) is 23.4 Å². The molecule has 0 N–H and O–H groups in total. The molecule has 0 spiro atoms. The van der Waals surface area contributed by atoms with Crippen LogP contribution >= 0.6 is 27.5 Å². The molecule has 106 valence electrons. The Kier molecular flexibility index (Phi) is 7.91. The van der Waals surface area contributed by atoms with Crippen LogP contribution in [0.4, 0.5) is 0 Å². The molecule has 0 bridgehead atoms. The second-order valence-corrected chi connectivity index (χ2v) is 5.40. The Labute approximate surface area is 128 Å². The molecule has 0 unspecified atom stereocenters. The molecule has 0 aliphatic rings. The molecule has 1 rings (SSSR count). The molecule has 0 heterocycles. The summed E-state index contributed by atoms with van der Waals surface area (Å²) in [5.74, 6) is 0.676. The maximum absolute atomic E-state index is 12.0. The summed E-state index contributed by atoms with van der Waals surface area (Å²) in [4.78, 5) is 13.9. The minimum absolute atomic E-state index is 0.0165. The van der Waals surface area contributed by atoms with Crippen LogP contribution in [0.25, 0.3) is 0 Å². The van der Waals surface area contributed by atoms with Crippen molar-refractivity contribution in [3.63, 3.8) is 0 Å². The number of nitrogens with zero attached hydrogens (tertiary/aromatic N) is 1. The second kappa shape index (κ2) is 9.21. The molecule has 0 radical (unpaired) electrons. The summed E-state index contributed by atoms with van der Waals surface area (Å²) in [6.07, 6.45) is 2.09. The average molecular weight is 349 g/mol. The maximum Gasteiger partial charge on any atom is 0.260 e. The van der Waals surface area contributed by atoms with Crippen molar-refractivity contribution in [2.45, 2.75) is 19.8 Å². The quantitative estimate of drug-likeness (QED) is 0.670. The van der Waals surface area contributed by atoms with E-state index >= 15 is 0 Å². The third kappa shape index (κ3) is 6.30. The van der Waals surface area contributed by atoms with Gasteiger partial charge in [0.15, 0.2) is 6.61 Å². The van der Waals surface area contributed by atoms with Gasteiger partial charge in [-0.25, -0.2) is 0 Å². The van der Waals surface area contributed by atoms with Gasteiger partial charge < -0.3 is 9.64 Å². The first-order valence-corrected chi connectivity index (χ1v) is 7.89. The molecule has 0 aliphatic carbocycles. The van der Waals surface area contributed by atoms with Gasteiger partial charge in [-0.3, -0.25) is 4.79 Å². The predicted molar refractivity (Wildman–Crippen MR) is 82.2 cm³/mol. The number of carbonyl (C=O) groups is 1. The first kappa shape index (κ1) is 16.3. The first-order chi connectivity index (χ1) is 9.17. The number of unbranched alkanes of at least 4 members (excludes halogenated alkanes) is 1. The summed E-state index contributed by atoms with van der Waals surface area (Å²) < 4.78 is 5.46. The third-order valence-corrected chi connectivity index (χ3v) is 3.27. The molecule has 0 aliphatic heterocycles. The fourth-order valence-electron chi connectivity index (χ4n) is 1.58. The van der Waals surface area contributed by atoms with Gasteiger partial charge >= 0.3 is 0 Å². The second-order valence-electron chi connectivity index (χ2n) is 4.17. The molecule has 0 fully saturated rings. The van der Waals surface area contributed by atoms with E-state index in [4.69, 9.17) is 16.3 Å². The Morgan fingerprint density at radius 2 is 2.00 bits per heavy atom. The lowest BCUT2D eigenvalue weighted by Crippen LogP contribution is -2.37. The Morgan fingerprint density at radius 1 is 1.32 bits per heavy atom. The molecule has 5 heteroatoms. The number of ether oxygens (including phenoxy) is 1. The van der Waals surface area contributed by atoms with Crippen molar-refractivity contribution >= 4 is 33.4 Å². The smallest absolute Gasteiger partial charge is 0.260 e. The van der Waals surface area contributed by atoms with Crippen LogP contribution in [0, 0.1) is 0 Å². The fourth-order valence-corrected chi connectivity index (χ4v) is 2.13. The van der Waals surface area contributed by atoms with Crippen molar-refractivity contribution < 1.29 is 9.53 Å². The summed E-state index contributed by atoms with van der Waals surface area (Å²) in [5.41, 5.74) is 0. The van der Waals surface area contributed by atoms with E-state index in [0.29, 0.717) is 17.3 Å². The van der Waals surface area contributed by atoms with Gasteiger partial charge in [-0.15, -0.1) is 0 Å². The first-order valence-electron chi connectivity index (χ1n) is 6.39. The summed E-state index contributed by atoms with van der Waals surface area (Å²) >= 11 is 9.15. The SMILES string of the molecule is CCCCN(CCBr)C(=O)COc1ccc(Cl)cc1. The van der Waals surface area contributed by atoms with E-state index in [9.17, 15) is 4.79 Å². The highest BCUT2D eigenvalue weighted by molar-refractivity contribution is 9.09. The Hall–Kier alpha value is -0.740. The van der Waals surface area contributed by atoms with Crippen molar-refractivity contribution in [2.75, 3.05) is 25.0 Å². The van der Waals surface area contributed by atoms with Gasteiger partial charge in [-0.1, -0.05) is 40.9 Å². The van der Waals surface area contributed by atoms with E-state index in [0.717, 1.165) is 24.7 Å². The topological polar surface area (TPSA) is 29.5 Å². The van der Waals surface area contributed by atoms with Crippen molar-refractivity contribution in [3.05, 3.63) is 29.3 Å². The lowest BCUT2D eigenvalue weighted by Gasteiger charge is -2.21. The maximum atomic E-state index is 12.0. The summed E-state index contributed by atoms with van der Waals surface area (Å²) in [7, 11) is 0. The Bertz CT molecular complexity index is 384. The van der Waals surface area contributed by atoms with E-state index in [1.165, 1.54) is 0 Å². The molecule has 1 aromatic carbocycles. The standard InChI is InChI=1S/C14H19BrClNO2/c1-2-3-9-17(10-8-15)14(18)11-19-13-6-4-12(16)5-7-13/h4-7H,2-3,8-11H2,1H3. The molecule has 1 aromatic rings. The van der Waals surface area contributed by atoms with Gasteiger partial charge in [-0.2, -0.15) is 0 Å². The summed E-state index contributed by atoms with van der Waals surface area (Å²) in [5, 5.41) is 1.44. The monoisotopic (exact) mass is 347 g/mol. The van der Waals surface area contributed by atoms with Gasteiger partial charge in [0.25, 0.3) is 5.91 Å². The van der Waals surface area contributed by atoms with Gasteiger partial charge in [0.2, 0.25) is 0 Å². The number of benzene rings is 1. The van der Waals surface area contributed by atoms with Crippen molar-refractivity contribution in [1.82, 2.24) is 4.90 Å². The normalized spacial score (nSPS) is 10.3. The van der Waals surface area contributed by atoms with Gasteiger partial charge in [0.1, 0.15) is 5.75 Å². The third-order valence-electron chi connectivity index (χ3n) is 2.66. The molecule has 19 heavy (non-hydrogen) atoms. The summed E-state index contributed by atoms with van der Waals surface area (Å²) in [6.45, 7) is 3.67. The number of alkyl halides is 1. The van der Waals surface area contributed by atoms with Crippen LogP contribution in [0.1, 0.15) is 19.8 Å². The zero-order valence-corrected chi connectivity index (χ0v) is 13.4. The number of amides is 1. The van der Waals surface area contributed by atoms with Crippen LogP contribution in [0.3, 0.4) is 0 Å². The zero-order chi connectivity index (χ0) is 14.1. The van der Waals surface area contributed by atoms with Crippen LogP contribution in [0.5, 0.6) is 5.75 Å². The van der Waals surface area contributed by atoms with E-state index in [-0.39, 0.29) is 12.5 Å². The van der Waals surface area contributed by atoms with Crippen molar-refractivity contribution in [3.8, 4) is 5.75 Å². The zero-order valence-electron chi connectivity index (χ0n) is 11.1. The van der Waals surface area contributed by atoms with Gasteiger partial charge in [-0.05, 0) is 30.7 Å². The lowest BCUT2D eigenvalue weighted by molar-refractivity contribution is -0.133. The number of rotatable bonds is 8. The lowest BCUT2D eigenvalue weighted by atomic mass is 10.3. The van der Waals surface area contributed by atoms with Gasteiger partial charge in [0.05, 0.1) is 0 Å². The molecule has 0 atom stereocenters. The number of carbonyl (C=O) groups excluding carboxylic acids is 1. The van der Waals surface area contributed by atoms with E-state index < -0.39 is 0 Å². The molecule has 0 saturated carbocycles. The molecular formula is C14H19BrClNO2. The predicted octanol–water partition coefficient (Wildman–Crippen LogP) is 3.74. The number of halogens is 2. The van der Waals surface area contributed by atoms with E-state index in [2.05, 4.69) is 22.9 Å². The summed E-state index contributed by atoms with van der Waals surface area (Å²) in [6, 6.07) is 7.01. The van der Waals surface area contributed by atoms with Crippen LogP contribution < -0.4 is 4.74 Å². The van der Waals surface area contributed by atoms with Crippen LogP contribution in [0.15, 0.2) is 24.3 Å². The van der Waals surface area contributed by atoms with Crippen LogP contribution in [-0.2, 0) is 4.79 Å². The highest BCUT2D eigenvalue weighted by Crippen LogP contribution is 2.15. The van der Waals surface area contributed by atoms with Crippen molar-refractivity contribution in [2.24, 2.45) is 0 Å². The van der Waals surface area contributed by atoms with Crippen LogP contribution in [-0.4, -0.2) is 35.8 Å². The highest BCUT2D eigenvalue weighted by atomic mass is 79.9. The molecule has 1 amide bonds. The van der Waals surface area contributed by atoms with E-state index in [1.54, 1.807) is 24.3 Å². The van der Waals surface area contributed by atoms with E-state index in [1.807, 2.05) is 4.90 Å². The average Bonchev–Trinajstić information content (AvgIpc) is 2.42. The minimum Gasteiger partial charge on any atom is -0.484 e. The molecule has 3 nitrogen and oxygen atoms in total. The molecular weight excluding hydrogens is 330 g/mol. The molecule has 0 saturated heterocycles. The fraction of sp³-hybridized carbons (Fsp3) is 0.500. The Balaban J connectivity index is 2.44. The minimum atomic E-state index is 0.0165. The highest BCUT2D eigenvalue weighted by Gasteiger charge is 2.12. The van der Waals surface area contributed by atoms with Crippen LogP contribution in [0.2, 0.25) is 5.02 Å². The Morgan fingerprint density at radius 3 is 2.58 bits per heavy atom. The molecule has 0 aromatic heterocycles. The number of hydrogen-bond donors (Lipinski definition) is 0.